The molecule has 17 heavy (non-hydrogen) atoms. The molecule has 1 aliphatic heterocycles. The molecule has 3 nitrogen and oxygen atoms in total. The highest BCUT2D eigenvalue weighted by atomic mass is 16.2. The standard InChI is InChI=1S/C14H14N2O/c1-10-11-8-5-9-16(11)13-7-4-3-6-12(13)15(2)14(10)17/h3-10H,1-2H3. The van der Waals surface area contributed by atoms with Crippen LogP contribution in [0.2, 0.25) is 0 Å². The van der Waals surface area contributed by atoms with Crippen LogP contribution in [0.5, 0.6) is 0 Å². The number of aromatic nitrogens is 1. The summed E-state index contributed by atoms with van der Waals surface area (Å²) in [4.78, 5) is 14.0. The van der Waals surface area contributed by atoms with Crippen LogP contribution in [0.3, 0.4) is 0 Å². The van der Waals surface area contributed by atoms with E-state index in [9.17, 15) is 4.79 Å². The third kappa shape index (κ3) is 1.32. The maximum atomic E-state index is 12.3. The molecule has 1 amide bonds. The van der Waals surface area contributed by atoms with Gasteiger partial charge in [-0.1, -0.05) is 12.1 Å². The first-order valence-electron chi connectivity index (χ1n) is 5.74. The predicted octanol–water partition coefficient (Wildman–Crippen LogP) is 2.56. The lowest BCUT2D eigenvalue weighted by Gasteiger charge is -2.18. The van der Waals surface area contributed by atoms with Gasteiger partial charge >= 0.3 is 0 Å². The predicted molar refractivity (Wildman–Crippen MR) is 67.6 cm³/mol. The van der Waals surface area contributed by atoms with Crippen molar-refractivity contribution in [3.63, 3.8) is 0 Å². The number of fused-ring (bicyclic) bond motifs is 3. The molecule has 1 aliphatic rings. The first-order valence-corrected chi connectivity index (χ1v) is 5.74. The van der Waals surface area contributed by atoms with E-state index >= 15 is 0 Å². The highest BCUT2D eigenvalue weighted by molar-refractivity contribution is 6.00. The topological polar surface area (TPSA) is 25.2 Å². The summed E-state index contributed by atoms with van der Waals surface area (Å²) < 4.78 is 2.10. The lowest BCUT2D eigenvalue weighted by Crippen LogP contribution is -2.29. The van der Waals surface area contributed by atoms with Crippen LogP contribution in [0.1, 0.15) is 18.5 Å². The van der Waals surface area contributed by atoms with Crippen molar-refractivity contribution in [2.75, 3.05) is 11.9 Å². The van der Waals surface area contributed by atoms with Gasteiger partial charge in [0.25, 0.3) is 0 Å². The van der Waals surface area contributed by atoms with Crippen LogP contribution < -0.4 is 4.90 Å². The molecule has 0 saturated carbocycles. The second kappa shape index (κ2) is 3.48. The number of likely N-dealkylation sites (N-methyl/N-ethyl adjacent to an activating group) is 1. The number of carbonyl (C=O) groups is 1. The number of benzene rings is 1. The van der Waals surface area contributed by atoms with Crippen LogP contribution >= 0.6 is 0 Å². The van der Waals surface area contributed by atoms with E-state index in [2.05, 4.69) is 4.57 Å². The molecule has 0 radical (unpaired) electrons. The van der Waals surface area contributed by atoms with Crippen LogP contribution in [0, 0.1) is 0 Å². The van der Waals surface area contributed by atoms with Crippen molar-refractivity contribution in [1.29, 1.82) is 0 Å². The Bertz CT molecular complexity index is 585. The van der Waals surface area contributed by atoms with Crippen LogP contribution in [-0.4, -0.2) is 17.5 Å². The monoisotopic (exact) mass is 226 g/mol. The van der Waals surface area contributed by atoms with Crippen molar-refractivity contribution in [3.05, 3.63) is 48.3 Å². The van der Waals surface area contributed by atoms with Crippen LogP contribution in [-0.2, 0) is 4.79 Å². The van der Waals surface area contributed by atoms with Gasteiger partial charge in [-0.05, 0) is 31.2 Å². The molecule has 3 rings (SSSR count). The van der Waals surface area contributed by atoms with Gasteiger partial charge in [-0.3, -0.25) is 4.79 Å². The largest absolute Gasteiger partial charge is 0.318 e. The van der Waals surface area contributed by atoms with Crippen molar-refractivity contribution < 1.29 is 4.79 Å². The Hall–Kier alpha value is -2.03. The third-order valence-corrected chi connectivity index (χ3v) is 3.43. The van der Waals surface area contributed by atoms with E-state index in [1.54, 1.807) is 4.90 Å². The Balaban J connectivity index is 2.34. The Labute approximate surface area is 100 Å². The molecule has 1 aromatic carbocycles. The molecule has 0 saturated heterocycles. The van der Waals surface area contributed by atoms with E-state index in [0.717, 1.165) is 17.1 Å². The average Bonchev–Trinajstić information content (AvgIpc) is 2.82. The van der Waals surface area contributed by atoms with E-state index in [4.69, 9.17) is 0 Å². The molecule has 1 aromatic heterocycles. The summed E-state index contributed by atoms with van der Waals surface area (Å²) in [5.41, 5.74) is 3.07. The van der Waals surface area contributed by atoms with Gasteiger partial charge in [-0.15, -0.1) is 0 Å². The van der Waals surface area contributed by atoms with Crippen molar-refractivity contribution in [1.82, 2.24) is 4.57 Å². The van der Waals surface area contributed by atoms with Gasteiger partial charge in [0, 0.05) is 18.9 Å². The Morgan fingerprint density at radius 1 is 1.06 bits per heavy atom. The van der Waals surface area contributed by atoms with Crippen LogP contribution in [0.4, 0.5) is 5.69 Å². The number of amides is 1. The highest BCUT2D eigenvalue weighted by Crippen LogP contribution is 2.33. The second-order valence-electron chi connectivity index (χ2n) is 4.41. The molecule has 0 spiro atoms. The molecule has 0 N–H and O–H groups in total. The van der Waals surface area contributed by atoms with E-state index < -0.39 is 0 Å². The quantitative estimate of drug-likeness (QED) is 0.677. The number of anilines is 1. The van der Waals surface area contributed by atoms with Gasteiger partial charge in [0.2, 0.25) is 5.91 Å². The zero-order valence-electron chi connectivity index (χ0n) is 9.92. The zero-order valence-corrected chi connectivity index (χ0v) is 9.92. The summed E-state index contributed by atoms with van der Waals surface area (Å²) in [5.74, 6) is 0.0253. The minimum atomic E-state index is -0.109. The van der Waals surface area contributed by atoms with Crippen molar-refractivity contribution in [2.45, 2.75) is 12.8 Å². The summed E-state index contributed by atoms with van der Waals surface area (Å²) in [6.07, 6.45) is 2.01. The van der Waals surface area contributed by atoms with Gasteiger partial charge in [0.05, 0.1) is 17.3 Å². The highest BCUT2D eigenvalue weighted by Gasteiger charge is 2.28. The number of nitrogens with zero attached hydrogens (tertiary/aromatic N) is 2. The lowest BCUT2D eigenvalue weighted by atomic mass is 10.1. The van der Waals surface area contributed by atoms with E-state index in [-0.39, 0.29) is 11.8 Å². The first kappa shape index (κ1) is 10.1. The normalized spacial score (nSPS) is 18.6. The smallest absolute Gasteiger partial charge is 0.235 e. The molecule has 1 atom stereocenters. The molecule has 3 heteroatoms. The van der Waals surface area contributed by atoms with E-state index in [1.807, 2.05) is 56.6 Å². The molecule has 0 aliphatic carbocycles. The number of hydrogen-bond donors (Lipinski definition) is 0. The fourth-order valence-corrected chi connectivity index (χ4v) is 2.45. The Kier molecular flexibility index (Phi) is 2.08. The number of para-hydroxylation sites is 2. The molecule has 1 unspecified atom stereocenters. The van der Waals surface area contributed by atoms with Crippen LogP contribution in [0.25, 0.3) is 5.69 Å². The summed E-state index contributed by atoms with van der Waals surface area (Å²) in [5, 5.41) is 0. The van der Waals surface area contributed by atoms with Gasteiger partial charge in [-0.2, -0.15) is 0 Å². The lowest BCUT2D eigenvalue weighted by molar-refractivity contribution is -0.119. The van der Waals surface area contributed by atoms with E-state index in [0.29, 0.717) is 0 Å². The molecular formula is C14H14N2O. The average molecular weight is 226 g/mol. The molecule has 0 fully saturated rings. The molecular weight excluding hydrogens is 212 g/mol. The second-order valence-corrected chi connectivity index (χ2v) is 4.41. The number of hydrogen-bond acceptors (Lipinski definition) is 1. The minimum Gasteiger partial charge on any atom is -0.318 e. The Morgan fingerprint density at radius 2 is 1.76 bits per heavy atom. The fraction of sp³-hybridized carbons (Fsp3) is 0.214. The summed E-state index contributed by atoms with van der Waals surface area (Å²) in [7, 11) is 1.84. The summed E-state index contributed by atoms with van der Waals surface area (Å²) in [6, 6.07) is 12.0. The molecule has 0 bridgehead atoms. The van der Waals surface area contributed by atoms with Gasteiger partial charge in [0.15, 0.2) is 0 Å². The third-order valence-electron chi connectivity index (χ3n) is 3.43. The van der Waals surface area contributed by atoms with Crippen LogP contribution in [0.15, 0.2) is 42.6 Å². The maximum Gasteiger partial charge on any atom is 0.235 e. The molecule has 86 valence electrons. The van der Waals surface area contributed by atoms with Gasteiger partial charge < -0.3 is 9.47 Å². The van der Waals surface area contributed by atoms with Gasteiger partial charge in [-0.25, -0.2) is 0 Å². The summed E-state index contributed by atoms with van der Waals surface area (Å²) >= 11 is 0. The number of rotatable bonds is 0. The molecule has 2 aromatic rings. The maximum absolute atomic E-state index is 12.3. The molecule has 2 heterocycles. The van der Waals surface area contributed by atoms with Crippen molar-refractivity contribution >= 4 is 11.6 Å². The number of carbonyl (C=O) groups excluding carboxylic acids is 1. The van der Waals surface area contributed by atoms with Gasteiger partial charge in [0.1, 0.15) is 0 Å². The zero-order chi connectivity index (χ0) is 12.0. The van der Waals surface area contributed by atoms with Crippen molar-refractivity contribution in [3.8, 4) is 5.69 Å². The Morgan fingerprint density at radius 3 is 2.53 bits per heavy atom. The summed E-state index contributed by atoms with van der Waals surface area (Å²) in [6.45, 7) is 1.95. The minimum absolute atomic E-state index is 0.109. The fourth-order valence-electron chi connectivity index (χ4n) is 2.45. The first-order chi connectivity index (χ1) is 8.20. The van der Waals surface area contributed by atoms with Crippen molar-refractivity contribution in [2.24, 2.45) is 0 Å². The SMILES string of the molecule is CC1C(=O)N(C)c2ccccc2-n2cccc21. The van der Waals surface area contributed by atoms with E-state index in [1.165, 1.54) is 0 Å².